The number of amidine groups is 1. The number of nitrogen functional groups attached to an aromatic ring is 1. The van der Waals surface area contributed by atoms with Gasteiger partial charge in [0.2, 0.25) is 0 Å². The molecule has 0 radical (unpaired) electrons. The highest BCUT2D eigenvalue weighted by Gasteiger charge is 2.24. The minimum Gasteiger partial charge on any atom is -0.384 e. The molecule has 0 unspecified atom stereocenters. The number of hydrogen-bond acceptors (Lipinski definition) is 6. The van der Waals surface area contributed by atoms with E-state index >= 15 is 0 Å². The summed E-state index contributed by atoms with van der Waals surface area (Å²) in [6.45, 7) is 0. The van der Waals surface area contributed by atoms with Gasteiger partial charge < -0.3 is 15.2 Å². The molecule has 0 heterocycles. The molecule has 0 aromatic heterocycles. The first-order chi connectivity index (χ1) is 16.6. The van der Waals surface area contributed by atoms with Crippen LogP contribution in [0.2, 0.25) is 0 Å². The van der Waals surface area contributed by atoms with Crippen LogP contribution in [-0.4, -0.2) is 32.4 Å². The summed E-state index contributed by atoms with van der Waals surface area (Å²) < 4.78 is 27.8. The van der Waals surface area contributed by atoms with Gasteiger partial charge in [-0.15, -0.1) is 0 Å². The van der Waals surface area contributed by atoms with Crippen LogP contribution in [0.15, 0.2) is 60.7 Å². The third kappa shape index (κ3) is 5.58. The average Bonchev–Trinajstić information content (AvgIpc) is 2.82. The maximum absolute atomic E-state index is 13.4. The van der Waals surface area contributed by atoms with Crippen LogP contribution in [0.5, 0.6) is 0 Å². The molecule has 8 nitrogen and oxygen atoms in total. The van der Waals surface area contributed by atoms with Gasteiger partial charge in [0.15, 0.2) is 0 Å². The van der Waals surface area contributed by atoms with Crippen LogP contribution in [0.4, 0.5) is 5.69 Å². The van der Waals surface area contributed by atoms with E-state index in [4.69, 9.17) is 11.1 Å². The molecule has 1 amide bonds. The second-order valence-corrected chi connectivity index (χ2v) is 10.0. The van der Waals surface area contributed by atoms with Crippen LogP contribution < -0.4 is 11.1 Å². The summed E-state index contributed by atoms with van der Waals surface area (Å²) in [5.74, 6) is -1.46. The van der Waals surface area contributed by atoms with E-state index in [-0.39, 0.29) is 17.3 Å². The van der Waals surface area contributed by atoms with Gasteiger partial charge in [-0.1, -0.05) is 24.3 Å². The lowest BCUT2D eigenvalue weighted by Crippen LogP contribution is -2.17. The number of nitrogens with two attached hydrogens (primary N) is 1. The number of fused-ring (bicyclic) bond motifs is 1. The van der Waals surface area contributed by atoms with Crippen molar-refractivity contribution in [2.24, 2.45) is 5.73 Å². The van der Waals surface area contributed by atoms with Crippen molar-refractivity contribution < 1.29 is 22.2 Å². The van der Waals surface area contributed by atoms with E-state index < -0.39 is 16.1 Å². The van der Waals surface area contributed by atoms with Gasteiger partial charge in [-0.2, -0.15) is 8.42 Å². The summed E-state index contributed by atoms with van der Waals surface area (Å²) in [7, 11) is -4.01. The molecule has 1 aliphatic carbocycles. The molecular weight excluding hydrogens is 466 g/mol. The largest absolute Gasteiger partial charge is 0.384 e. The van der Waals surface area contributed by atoms with Gasteiger partial charge in [0.1, 0.15) is 5.84 Å². The first-order valence-electron chi connectivity index (χ1n) is 11.1. The third-order valence-corrected chi connectivity index (χ3v) is 6.30. The Morgan fingerprint density at radius 2 is 1.54 bits per heavy atom. The second kappa shape index (κ2) is 9.71. The summed E-state index contributed by atoms with van der Waals surface area (Å²) in [6, 6.07) is 16.8. The molecule has 3 aromatic carbocycles. The van der Waals surface area contributed by atoms with Crippen molar-refractivity contribution in [2.45, 2.75) is 25.7 Å². The minimum atomic E-state index is -4.01. The predicted molar refractivity (Wildman–Crippen MR) is 134 cm³/mol. The van der Waals surface area contributed by atoms with Gasteiger partial charge in [0.05, 0.1) is 11.8 Å². The van der Waals surface area contributed by atoms with Crippen molar-refractivity contribution >= 4 is 33.5 Å². The SMILES string of the molecule is CS(=O)(=O)OC(=O)c1ccccc1-c1cc2c(cc1C(=O)Nc1ccc(C(=N)N)cc1)CCCC2. The van der Waals surface area contributed by atoms with Crippen molar-refractivity contribution in [1.82, 2.24) is 0 Å². The van der Waals surface area contributed by atoms with Gasteiger partial charge in [-0.25, -0.2) is 4.79 Å². The highest BCUT2D eigenvalue weighted by Crippen LogP contribution is 2.34. The van der Waals surface area contributed by atoms with Gasteiger partial charge in [-0.05, 0) is 84.3 Å². The Labute approximate surface area is 203 Å². The van der Waals surface area contributed by atoms with E-state index in [1.54, 1.807) is 42.5 Å². The highest BCUT2D eigenvalue weighted by molar-refractivity contribution is 7.86. The average molecular weight is 492 g/mol. The number of hydrogen-bond donors (Lipinski definition) is 3. The number of aryl methyl sites for hydroxylation is 2. The number of benzene rings is 3. The Bertz CT molecular complexity index is 1430. The smallest absolute Gasteiger partial charge is 0.354 e. The summed E-state index contributed by atoms with van der Waals surface area (Å²) in [5, 5.41) is 10.4. The molecule has 0 spiro atoms. The van der Waals surface area contributed by atoms with Crippen LogP contribution in [-0.2, 0) is 27.1 Å². The lowest BCUT2D eigenvalue weighted by molar-refractivity contribution is 0.0748. The van der Waals surface area contributed by atoms with E-state index in [1.165, 1.54) is 6.07 Å². The van der Waals surface area contributed by atoms with E-state index in [1.807, 2.05) is 12.1 Å². The topological polar surface area (TPSA) is 139 Å². The lowest BCUT2D eigenvalue weighted by Gasteiger charge is -2.21. The Balaban J connectivity index is 1.79. The molecule has 0 fully saturated rings. The maximum Gasteiger partial charge on any atom is 0.354 e. The van der Waals surface area contributed by atoms with Crippen LogP contribution in [0.1, 0.15) is 50.2 Å². The van der Waals surface area contributed by atoms with Gasteiger partial charge in [0.25, 0.3) is 5.91 Å². The van der Waals surface area contributed by atoms with Crippen molar-refractivity contribution in [3.05, 3.63) is 88.5 Å². The maximum atomic E-state index is 13.4. The van der Waals surface area contributed by atoms with Gasteiger partial charge >= 0.3 is 16.1 Å². The van der Waals surface area contributed by atoms with Gasteiger partial charge in [0, 0.05) is 16.8 Å². The van der Waals surface area contributed by atoms with Crippen LogP contribution in [0.25, 0.3) is 11.1 Å². The first-order valence-corrected chi connectivity index (χ1v) is 12.9. The van der Waals surface area contributed by atoms with Crippen molar-refractivity contribution in [2.75, 3.05) is 11.6 Å². The van der Waals surface area contributed by atoms with Crippen molar-refractivity contribution in [3.8, 4) is 11.1 Å². The molecule has 0 saturated carbocycles. The molecule has 4 rings (SSSR count). The minimum absolute atomic E-state index is 0.0496. The fourth-order valence-electron chi connectivity index (χ4n) is 4.21. The van der Waals surface area contributed by atoms with Gasteiger partial charge in [-0.3, -0.25) is 10.2 Å². The van der Waals surface area contributed by atoms with Crippen LogP contribution in [0.3, 0.4) is 0 Å². The molecule has 35 heavy (non-hydrogen) atoms. The number of nitrogens with one attached hydrogen (secondary N) is 2. The molecule has 0 saturated heterocycles. The molecule has 0 atom stereocenters. The molecule has 4 N–H and O–H groups in total. The Morgan fingerprint density at radius 1 is 0.914 bits per heavy atom. The zero-order valence-electron chi connectivity index (χ0n) is 19.1. The highest BCUT2D eigenvalue weighted by atomic mass is 32.2. The summed E-state index contributed by atoms with van der Waals surface area (Å²) in [4.78, 5) is 26.1. The molecule has 1 aliphatic rings. The quantitative estimate of drug-likeness (QED) is 0.272. The fraction of sp³-hybridized carbons (Fsp3) is 0.192. The Morgan fingerprint density at radius 3 is 2.17 bits per heavy atom. The number of rotatable bonds is 6. The predicted octanol–water partition coefficient (Wildman–Crippen LogP) is 3.89. The summed E-state index contributed by atoms with van der Waals surface area (Å²) in [6.07, 6.45) is 4.56. The second-order valence-electron chi connectivity index (χ2n) is 8.44. The van der Waals surface area contributed by atoms with E-state index in [0.717, 1.165) is 43.1 Å². The van der Waals surface area contributed by atoms with E-state index in [9.17, 15) is 18.0 Å². The Kier molecular flexibility index (Phi) is 6.70. The van der Waals surface area contributed by atoms with E-state index in [0.29, 0.717) is 27.9 Å². The molecule has 3 aromatic rings. The molecular formula is C26H25N3O5S. The van der Waals surface area contributed by atoms with Crippen molar-refractivity contribution in [1.29, 1.82) is 5.41 Å². The molecule has 0 bridgehead atoms. The fourth-order valence-corrected chi connectivity index (χ4v) is 4.57. The number of carbonyl (C=O) groups excluding carboxylic acids is 2. The number of carbonyl (C=O) groups is 2. The zero-order valence-corrected chi connectivity index (χ0v) is 19.9. The zero-order chi connectivity index (χ0) is 25.2. The lowest BCUT2D eigenvalue weighted by atomic mass is 9.85. The van der Waals surface area contributed by atoms with E-state index in [2.05, 4.69) is 9.50 Å². The Hall–Kier alpha value is -3.98. The van der Waals surface area contributed by atoms with Crippen LogP contribution >= 0.6 is 0 Å². The van der Waals surface area contributed by atoms with Crippen molar-refractivity contribution in [3.63, 3.8) is 0 Å². The monoisotopic (exact) mass is 491 g/mol. The summed E-state index contributed by atoms with van der Waals surface area (Å²) in [5.41, 5.74) is 10.1. The van der Waals surface area contributed by atoms with Crippen LogP contribution in [0, 0.1) is 5.41 Å². The first kappa shape index (κ1) is 24.2. The number of anilines is 1. The standard InChI is InChI=1S/C26H25N3O5S/c1-35(32,33)34-26(31)21-9-5-4-8-20(21)22-14-17-6-2-3-7-18(17)15-23(22)25(30)29-19-12-10-16(11-13-19)24(27)28/h4-5,8-15H,2-3,6-7H2,1H3,(H3,27,28)(H,29,30). The molecule has 9 heteroatoms. The molecule has 180 valence electrons. The molecule has 0 aliphatic heterocycles. The number of amides is 1. The summed E-state index contributed by atoms with van der Waals surface area (Å²) >= 11 is 0. The third-order valence-electron chi connectivity index (χ3n) is 5.84. The normalized spacial score (nSPS) is 12.9.